The number of benzene rings is 1. The van der Waals surface area contributed by atoms with E-state index in [2.05, 4.69) is 39.0 Å². The van der Waals surface area contributed by atoms with Gasteiger partial charge in [-0.2, -0.15) is 0 Å². The van der Waals surface area contributed by atoms with Gasteiger partial charge in [0.2, 0.25) is 6.79 Å². The van der Waals surface area contributed by atoms with Crippen molar-refractivity contribution in [3.63, 3.8) is 0 Å². The highest BCUT2D eigenvalue weighted by atomic mass is 79.9. The summed E-state index contributed by atoms with van der Waals surface area (Å²) in [6, 6.07) is 4.88. The van der Waals surface area contributed by atoms with E-state index in [0.717, 1.165) is 31.0 Å². The van der Waals surface area contributed by atoms with E-state index in [4.69, 9.17) is 14.2 Å². The normalized spacial score (nSPS) is 37.5. The van der Waals surface area contributed by atoms with Gasteiger partial charge in [0, 0.05) is 32.2 Å². The molecule has 0 radical (unpaired) electrons. The molecule has 3 aliphatic heterocycles. The van der Waals surface area contributed by atoms with Gasteiger partial charge in [0.15, 0.2) is 11.5 Å². The number of halogens is 1. The SMILES string of the molecule is CO[C@H]1C[C@H]2C(=C[C@H]1Br)[C@H]1CN2Cc2cc3c(cc21)OCO3. The molecule has 1 unspecified atom stereocenters. The van der Waals surface area contributed by atoms with E-state index in [9.17, 15) is 0 Å². The van der Waals surface area contributed by atoms with Crippen LogP contribution in [0.4, 0.5) is 0 Å². The average Bonchev–Trinajstić information content (AvgIpc) is 3.08. The lowest BCUT2D eigenvalue weighted by Gasteiger charge is -2.33. The maximum absolute atomic E-state index is 5.64. The summed E-state index contributed by atoms with van der Waals surface area (Å²) in [5, 5.41) is 0. The predicted octanol–water partition coefficient (Wildman–Crippen LogP) is 2.81. The molecule has 0 spiro atoms. The quantitative estimate of drug-likeness (QED) is 0.567. The molecule has 0 amide bonds. The molecule has 2 bridgehead atoms. The number of methoxy groups -OCH3 is 1. The maximum Gasteiger partial charge on any atom is 0.231 e. The van der Waals surface area contributed by atoms with E-state index in [1.54, 1.807) is 5.57 Å². The lowest BCUT2D eigenvalue weighted by atomic mass is 9.83. The lowest BCUT2D eigenvalue weighted by molar-refractivity contribution is 0.0748. The van der Waals surface area contributed by atoms with Crippen LogP contribution in [-0.4, -0.2) is 42.3 Å². The molecular weight excluding hydrogens is 346 g/mol. The number of fused-ring (bicyclic) bond motifs is 8. The third-order valence-electron chi connectivity index (χ3n) is 5.49. The van der Waals surface area contributed by atoms with E-state index in [0.29, 0.717) is 23.6 Å². The smallest absolute Gasteiger partial charge is 0.231 e. The second kappa shape index (κ2) is 4.73. The van der Waals surface area contributed by atoms with Gasteiger partial charge in [-0.3, -0.25) is 4.90 Å². The van der Waals surface area contributed by atoms with Crippen LogP contribution in [0.5, 0.6) is 11.5 Å². The van der Waals surface area contributed by atoms with Crippen LogP contribution in [0.25, 0.3) is 0 Å². The molecule has 4 nitrogen and oxygen atoms in total. The van der Waals surface area contributed by atoms with E-state index in [-0.39, 0.29) is 6.10 Å². The van der Waals surface area contributed by atoms with Crippen LogP contribution in [0.1, 0.15) is 23.5 Å². The summed E-state index contributed by atoms with van der Waals surface area (Å²) >= 11 is 3.77. The Kier molecular flexibility index (Phi) is 2.88. The third-order valence-corrected chi connectivity index (χ3v) is 6.35. The largest absolute Gasteiger partial charge is 0.454 e. The van der Waals surface area contributed by atoms with Crippen LogP contribution in [0.2, 0.25) is 0 Å². The van der Waals surface area contributed by atoms with Crippen molar-refractivity contribution in [2.75, 3.05) is 20.4 Å². The number of nitrogens with zero attached hydrogens (tertiary/aromatic N) is 1. The third kappa shape index (κ3) is 1.76. The molecule has 0 aromatic heterocycles. The Hall–Kier alpha value is -1.04. The molecule has 1 aliphatic carbocycles. The average molecular weight is 364 g/mol. The Morgan fingerprint density at radius 3 is 2.91 bits per heavy atom. The van der Waals surface area contributed by atoms with Gasteiger partial charge in [0.05, 0.1) is 10.9 Å². The van der Waals surface area contributed by atoms with Crippen molar-refractivity contribution in [3.8, 4) is 11.5 Å². The van der Waals surface area contributed by atoms with Crippen LogP contribution in [0.15, 0.2) is 23.8 Å². The van der Waals surface area contributed by atoms with Gasteiger partial charge < -0.3 is 14.2 Å². The monoisotopic (exact) mass is 363 g/mol. The summed E-state index contributed by atoms with van der Waals surface area (Å²) in [5.41, 5.74) is 4.36. The van der Waals surface area contributed by atoms with E-state index in [1.807, 2.05) is 7.11 Å². The second-order valence-electron chi connectivity index (χ2n) is 6.52. The van der Waals surface area contributed by atoms with E-state index in [1.165, 1.54) is 11.1 Å². The molecule has 5 rings (SSSR count). The molecule has 1 fully saturated rings. The Morgan fingerprint density at radius 1 is 1.27 bits per heavy atom. The highest BCUT2D eigenvalue weighted by Crippen LogP contribution is 2.50. The molecule has 1 aromatic carbocycles. The molecule has 1 saturated heterocycles. The van der Waals surface area contributed by atoms with Crippen molar-refractivity contribution in [3.05, 3.63) is 34.9 Å². The van der Waals surface area contributed by atoms with Gasteiger partial charge in [0.25, 0.3) is 0 Å². The van der Waals surface area contributed by atoms with Gasteiger partial charge in [-0.05, 0) is 35.3 Å². The molecule has 5 heteroatoms. The zero-order valence-electron chi connectivity index (χ0n) is 12.4. The van der Waals surface area contributed by atoms with Crippen molar-refractivity contribution in [1.82, 2.24) is 4.90 Å². The minimum Gasteiger partial charge on any atom is -0.454 e. The minimum absolute atomic E-state index is 0.257. The van der Waals surface area contributed by atoms with Crippen LogP contribution in [0, 0.1) is 0 Å². The predicted molar refractivity (Wildman–Crippen MR) is 85.7 cm³/mol. The zero-order chi connectivity index (χ0) is 14.8. The fraction of sp³-hybridized carbons (Fsp3) is 0.529. The number of rotatable bonds is 1. The Morgan fingerprint density at radius 2 is 2.09 bits per heavy atom. The molecular formula is C17H18BrNO3. The molecule has 0 saturated carbocycles. The van der Waals surface area contributed by atoms with Crippen LogP contribution < -0.4 is 9.47 Å². The van der Waals surface area contributed by atoms with Crippen LogP contribution in [-0.2, 0) is 11.3 Å². The zero-order valence-corrected chi connectivity index (χ0v) is 14.0. The summed E-state index contributed by atoms with van der Waals surface area (Å²) in [6.45, 7) is 2.45. The minimum atomic E-state index is 0.257. The first kappa shape index (κ1) is 13.4. The Bertz CT molecular complexity index is 674. The number of hydrogen-bond donors (Lipinski definition) is 0. The molecule has 116 valence electrons. The first-order chi connectivity index (χ1) is 10.7. The van der Waals surface area contributed by atoms with E-state index >= 15 is 0 Å². The topological polar surface area (TPSA) is 30.9 Å². The lowest BCUT2D eigenvalue weighted by Crippen LogP contribution is -2.39. The van der Waals surface area contributed by atoms with Gasteiger partial charge in [-0.15, -0.1) is 0 Å². The van der Waals surface area contributed by atoms with Gasteiger partial charge >= 0.3 is 0 Å². The number of hydrogen-bond acceptors (Lipinski definition) is 4. The molecule has 3 heterocycles. The highest BCUT2D eigenvalue weighted by Gasteiger charge is 2.46. The number of alkyl halides is 1. The van der Waals surface area contributed by atoms with Crippen molar-refractivity contribution in [1.29, 1.82) is 0 Å². The summed E-state index contributed by atoms with van der Waals surface area (Å²) in [7, 11) is 1.81. The van der Waals surface area contributed by atoms with Crippen molar-refractivity contribution >= 4 is 15.9 Å². The fourth-order valence-corrected chi connectivity index (χ4v) is 5.16. The summed E-state index contributed by atoms with van der Waals surface area (Å²) in [4.78, 5) is 2.90. The molecule has 0 N–H and O–H groups in total. The summed E-state index contributed by atoms with van der Waals surface area (Å²) in [6.07, 6.45) is 3.70. The maximum atomic E-state index is 5.64. The van der Waals surface area contributed by atoms with Gasteiger partial charge in [-0.25, -0.2) is 0 Å². The molecule has 22 heavy (non-hydrogen) atoms. The molecule has 4 aliphatic rings. The van der Waals surface area contributed by atoms with Crippen molar-refractivity contribution < 1.29 is 14.2 Å². The fourth-order valence-electron chi connectivity index (χ4n) is 4.42. The molecule has 5 atom stereocenters. The standard InChI is InChI=1S/C17H18BrNO3/c1-20-15-5-14-11(3-13(15)18)12-7-19(14)6-9-2-16-17(4-10(9)12)22-8-21-16/h2-4,12-15H,5-8H2,1H3/t12-,13+,14-,15-/m0/s1. The van der Waals surface area contributed by atoms with E-state index < -0.39 is 0 Å². The van der Waals surface area contributed by atoms with Crippen LogP contribution >= 0.6 is 15.9 Å². The first-order valence-electron chi connectivity index (χ1n) is 7.79. The van der Waals surface area contributed by atoms with Gasteiger partial charge in [-0.1, -0.05) is 22.0 Å². The first-order valence-corrected chi connectivity index (χ1v) is 8.71. The summed E-state index contributed by atoms with van der Waals surface area (Å²) in [5.74, 6) is 2.28. The second-order valence-corrected chi connectivity index (χ2v) is 7.58. The Labute approximate surface area is 138 Å². The van der Waals surface area contributed by atoms with Gasteiger partial charge in [0.1, 0.15) is 0 Å². The molecule has 1 aromatic rings. The highest BCUT2D eigenvalue weighted by molar-refractivity contribution is 9.09. The van der Waals surface area contributed by atoms with Crippen molar-refractivity contribution in [2.45, 2.75) is 35.9 Å². The summed E-state index contributed by atoms with van der Waals surface area (Å²) < 4.78 is 16.8. The van der Waals surface area contributed by atoms with Crippen molar-refractivity contribution in [2.24, 2.45) is 0 Å². The van der Waals surface area contributed by atoms with Crippen LogP contribution in [0.3, 0.4) is 0 Å². The number of ether oxygens (including phenoxy) is 3. The Balaban J connectivity index is 1.59.